The standard InChI is InChI=1S/C18H18N4S/c23-18(20-15-8-9-15)21-16-10-19-22(12-16)11-14-6-3-5-13-4-1-2-7-17(13)14/h1-7,10,12,15H,8-9,11H2,(H2,20,21,23). The zero-order valence-electron chi connectivity index (χ0n) is 12.7. The second kappa shape index (κ2) is 6.01. The van der Waals surface area contributed by atoms with E-state index in [-0.39, 0.29) is 0 Å². The summed E-state index contributed by atoms with van der Waals surface area (Å²) in [5.74, 6) is 0. The Morgan fingerprint density at radius 1 is 1.17 bits per heavy atom. The first-order chi connectivity index (χ1) is 11.3. The van der Waals surface area contributed by atoms with Gasteiger partial charge < -0.3 is 10.6 Å². The van der Waals surface area contributed by atoms with Crippen LogP contribution < -0.4 is 10.6 Å². The molecule has 2 aromatic carbocycles. The SMILES string of the molecule is S=C(Nc1cnn(Cc2cccc3ccccc23)c1)NC1CC1. The second-order valence-electron chi connectivity index (χ2n) is 5.94. The zero-order chi connectivity index (χ0) is 15.6. The van der Waals surface area contributed by atoms with Crippen molar-refractivity contribution in [2.75, 3.05) is 5.32 Å². The Kier molecular flexibility index (Phi) is 3.71. The van der Waals surface area contributed by atoms with E-state index in [0.29, 0.717) is 11.2 Å². The van der Waals surface area contributed by atoms with E-state index in [4.69, 9.17) is 12.2 Å². The van der Waals surface area contributed by atoms with Crippen LogP contribution in [0.25, 0.3) is 10.8 Å². The molecule has 0 amide bonds. The minimum Gasteiger partial charge on any atom is -0.360 e. The molecule has 1 fully saturated rings. The van der Waals surface area contributed by atoms with Gasteiger partial charge in [-0.05, 0) is 41.4 Å². The molecule has 0 atom stereocenters. The van der Waals surface area contributed by atoms with Crippen LogP contribution in [-0.4, -0.2) is 20.9 Å². The number of hydrogen-bond donors (Lipinski definition) is 2. The molecule has 4 nitrogen and oxygen atoms in total. The molecule has 5 heteroatoms. The highest BCUT2D eigenvalue weighted by Gasteiger charge is 2.21. The predicted octanol–water partition coefficient (Wildman–Crippen LogP) is 3.53. The third-order valence-corrected chi connectivity index (χ3v) is 4.24. The number of thiocarbonyl (C=S) groups is 1. The topological polar surface area (TPSA) is 41.9 Å². The molecule has 0 saturated heterocycles. The molecule has 0 spiro atoms. The highest BCUT2D eigenvalue weighted by atomic mass is 32.1. The number of hydrogen-bond acceptors (Lipinski definition) is 2. The average molecular weight is 322 g/mol. The van der Waals surface area contributed by atoms with E-state index < -0.39 is 0 Å². The van der Waals surface area contributed by atoms with Crippen molar-refractivity contribution in [1.29, 1.82) is 0 Å². The number of fused-ring (bicyclic) bond motifs is 1. The van der Waals surface area contributed by atoms with Crippen molar-refractivity contribution in [3.05, 3.63) is 60.4 Å². The van der Waals surface area contributed by atoms with E-state index in [1.54, 1.807) is 0 Å². The molecule has 1 saturated carbocycles. The molecular weight excluding hydrogens is 304 g/mol. The van der Waals surface area contributed by atoms with Crippen LogP contribution in [0.15, 0.2) is 54.9 Å². The van der Waals surface area contributed by atoms with Crippen molar-refractivity contribution in [2.24, 2.45) is 0 Å². The largest absolute Gasteiger partial charge is 0.360 e. The van der Waals surface area contributed by atoms with E-state index in [2.05, 4.69) is 58.2 Å². The molecule has 0 aliphatic heterocycles. The van der Waals surface area contributed by atoms with Crippen molar-refractivity contribution < 1.29 is 0 Å². The van der Waals surface area contributed by atoms with Gasteiger partial charge in [-0.25, -0.2) is 0 Å². The first-order valence-corrected chi connectivity index (χ1v) is 8.25. The van der Waals surface area contributed by atoms with E-state index >= 15 is 0 Å². The average Bonchev–Trinajstić information content (AvgIpc) is 3.26. The summed E-state index contributed by atoms with van der Waals surface area (Å²) < 4.78 is 1.93. The molecule has 1 aliphatic carbocycles. The lowest BCUT2D eigenvalue weighted by atomic mass is 10.0. The van der Waals surface area contributed by atoms with Gasteiger partial charge in [0.2, 0.25) is 0 Å². The first kappa shape index (κ1) is 14.2. The molecule has 0 radical (unpaired) electrons. The summed E-state index contributed by atoms with van der Waals surface area (Å²) in [4.78, 5) is 0. The maximum Gasteiger partial charge on any atom is 0.171 e. The van der Waals surface area contributed by atoms with E-state index in [0.717, 1.165) is 12.2 Å². The summed E-state index contributed by atoms with van der Waals surface area (Å²) in [6, 6.07) is 15.4. The lowest BCUT2D eigenvalue weighted by Crippen LogP contribution is -2.29. The first-order valence-electron chi connectivity index (χ1n) is 7.84. The van der Waals surface area contributed by atoms with Crippen LogP contribution in [0, 0.1) is 0 Å². The predicted molar refractivity (Wildman–Crippen MR) is 97.7 cm³/mol. The van der Waals surface area contributed by atoms with Gasteiger partial charge in [0, 0.05) is 12.2 Å². The fourth-order valence-electron chi connectivity index (χ4n) is 2.70. The molecule has 4 rings (SSSR count). The third-order valence-electron chi connectivity index (χ3n) is 4.02. The van der Waals surface area contributed by atoms with Gasteiger partial charge in [-0.3, -0.25) is 4.68 Å². The van der Waals surface area contributed by atoms with Gasteiger partial charge in [0.25, 0.3) is 0 Å². The Balaban J connectivity index is 1.49. The van der Waals surface area contributed by atoms with Gasteiger partial charge in [-0.15, -0.1) is 0 Å². The van der Waals surface area contributed by atoms with Gasteiger partial charge >= 0.3 is 0 Å². The number of nitrogens with zero attached hydrogens (tertiary/aromatic N) is 2. The Labute approximate surface area is 140 Å². The Morgan fingerprint density at radius 3 is 2.87 bits per heavy atom. The normalized spacial score (nSPS) is 13.9. The number of anilines is 1. The molecule has 116 valence electrons. The van der Waals surface area contributed by atoms with Crippen LogP contribution >= 0.6 is 12.2 Å². The minimum atomic E-state index is 0.556. The van der Waals surface area contributed by atoms with Gasteiger partial charge in [0.1, 0.15) is 0 Å². The van der Waals surface area contributed by atoms with Crippen LogP contribution in [0.1, 0.15) is 18.4 Å². The smallest absolute Gasteiger partial charge is 0.171 e. The van der Waals surface area contributed by atoms with E-state index in [9.17, 15) is 0 Å². The maximum absolute atomic E-state index is 5.30. The lowest BCUT2D eigenvalue weighted by Gasteiger charge is -2.08. The lowest BCUT2D eigenvalue weighted by molar-refractivity contribution is 0.690. The van der Waals surface area contributed by atoms with Crippen molar-refractivity contribution in [2.45, 2.75) is 25.4 Å². The zero-order valence-corrected chi connectivity index (χ0v) is 13.5. The maximum atomic E-state index is 5.30. The van der Waals surface area contributed by atoms with E-state index in [1.807, 2.05) is 17.1 Å². The summed E-state index contributed by atoms with van der Waals surface area (Å²) in [5, 5.41) is 14.1. The second-order valence-corrected chi connectivity index (χ2v) is 6.35. The minimum absolute atomic E-state index is 0.556. The summed E-state index contributed by atoms with van der Waals surface area (Å²) >= 11 is 5.30. The molecule has 0 bridgehead atoms. The molecule has 1 heterocycles. The molecular formula is C18H18N4S. The highest BCUT2D eigenvalue weighted by molar-refractivity contribution is 7.80. The summed E-state index contributed by atoms with van der Waals surface area (Å²) in [6.45, 7) is 0.742. The summed E-state index contributed by atoms with van der Waals surface area (Å²) in [6.07, 6.45) is 6.22. The number of aromatic nitrogens is 2. The molecule has 3 aromatic rings. The van der Waals surface area contributed by atoms with Gasteiger partial charge in [0.15, 0.2) is 5.11 Å². The molecule has 1 aliphatic rings. The van der Waals surface area contributed by atoms with Crippen LogP contribution in [0.5, 0.6) is 0 Å². The molecule has 0 unspecified atom stereocenters. The number of benzene rings is 2. The third kappa shape index (κ3) is 3.35. The summed E-state index contributed by atoms with van der Waals surface area (Å²) in [7, 11) is 0. The van der Waals surface area contributed by atoms with Crippen LogP contribution in [0.4, 0.5) is 5.69 Å². The number of nitrogens with one attached hydrogen (secondary N) is 2. The monoisotopic (exact) mass is 322 g/mol. The quantitative estimate of drug-likeness (QED) is 0.721. The van der Waals surface area contributed by atoms with Gasteiger partial charge in [-0.2, -0.15) is 5.10 Å². The van der Waals surface area contributed by atoms with Gasteiger partial charge in [-0.1, -0.05) is 42.5 Å². The molecule has 2 N–H and O–H groups in total. The highest BCUT2D eigenvalue weighted by Crippen LogP contribution is 2.20. The van der Waals surface area contributed by atoms with Crippen LogP contribution in [0.2, 0.25) is 0 Å². The van der Waals surface area contributed by atoms with Crippen molar-refractivity contribution in [1.82, 2.24) is 15.1 Å². The Bertz CT molecular complexity index is 846. The van der Waals surface area contributed by atoms with Gasteiger partial charge in [0.05, 0.1) is 18.4 Å². The fraction of sp³-hybridized carbons (Fsp3) is 0.222. The summed E-state index contributed by atoms with van der Waals surface area (Å²) in [5.41, 5.74) is 2.18. The Morgan fingerprint density at radius 2 is 2.00 bits per heavy atom. The number of rotatable bonds is 4. The van der Waals surface area contributed by atoms with Crippen LogP contribution in [-0.2, 0) is 6.54 Å². The van der Waals surface area contributed by atoms with Crippen molar-refractivity contribution >= 4 is 33.8 Å². The van der Waals surface area contributed by atoms with E-state index in [1.165, 1.54) is 29.2 Å². The van der Waals surface area contributed by atoms with Crippen molar-refractivity contribution in [3.63, 3.8) is 0 Å². The fourth-order valence-corrected chi connectivity index (χ4v) is 2.98. The van der Waals surface area contributed by atoms with Crippen LogP contribution in [0.3, 0.4) is 0 Å². The Hall–Kier alpha value is -2.40. The molecule has 23 heavy (non-hydrogen) atoms. The molecule has 1 aromatic heterocycles. The van der Waals surface area contributed by atoms with Crippen molar-refractivity contribution in [3.8, 4) is 0 Å².